The van der Waals surface area contributed by atoms with E-state index in [0.29, 0.717) is 44.8 Å². The van der Waals surface area contributed by atoms with Crippen LogP contribution < -0.4 is 14.8 Å². The molecule has 1 heterocycles. The molecule has 1 aromatic rings. The van der Waals surface area contributed by atoms with Crippen LogP contribution in [0.15, 0.2) is 28.1 Å². The van der Waals surface area contributed by atoms with Gasteiger partial charge in [0.2, 0.25) is 21.8 Å². The first kappa shape index (κ1) is 24.3. The van der Waals surface area contributed by atoms with Crippen LogP contribution in [-0.4, -0.2) is 45.1 Å². The Kier molecular flexibility index (Phi) is 7.66. The van der Waals surface area contributed by atoms with Crippen molar-refractivity contribution >= 4 is 28.1 Å². The summed E-state index contributed by atoms with van der Waals surface area (Å²) in [6, 6.07) is 3.55. The average Bonchev–Trinajstić information content (AvgIpc) is 3.52. The van der Waals surface area contributed by atoms with Crippen molar-refractivity contribution in [3.63, 3.8) is 0 Å². The van der Waals surface area contributed by atoms with Gasteiger partial charge < -0.3 is 4.74 Å². The Bertz CT molecular complexity index is 989. The molecule has 2 aliphatic rings. The molecule has 1 unspecified atom stereocenters. The molecule has 0 radical (unpaired) electrons. The van der Waals surface area contributed by atoms with E-state index in [-0.39, 0.29) is 22.5 Å². The number of nitrogens with one attached hydrogen (secondary N) is 2. The molecule has 176 valence electrons. The van der Waals surface area contributed by atoms with Gasteiger partial charge in [-0.2, -0.15) is 0 Å². The van der Waals surface area contributed by atoms with E-state index in [2.05, 4.69) is 15.0 Å². The van der Waals surface area contributed by atoms with Gasteiger partial charge in [0.25, 0.3) is 0 Å². The molecule has 2 fully saturated rings. The van der Waals surface area contributed by atoms with E-state index in [4.69, 9.17) is 4.74 Å². The van der Waals surface area contributed by atoms with Crippen LogP contribution in [-0.2, 0) is 19.6 Å². The Balaban J connectivity index is 1.51. The zero-order valence-electron chi connectivity index (χ0n) is 18.4. The minimum Gasteiger partial charge on any atom is -0.490 e. The Labute approximate surface area is 188 Å². The lowest BCUT2D eigenvalue weighted by Gasteiger charge is -2.26. The second kappa shape index (κ2) is 10.1. The second-order valence-corrected chi connectivity index (χ2v) is 10.7. The van der Waals surface area contributed by atoms with Crippen molar-refractivity contribution in [1.29, 1.82) is 0 Å². The van der Waals surface area contributed by atoms with Gasteiger partial charge in [-0.3, -0.25) is 19.9 Å². The predicted octanol–water partition coefficient (Wildman–Crippen LogP) is 2.58. The lowest BCUT2D eigenvalue weighted by Crippen LogP contribution is -2.43. The molecule has 1 aromatic carbocycles. The van der Waals surface area contributed by atoms with Gasteiger partial charge in [-0.25, -0.2) is 17.5 Å². The van der Waals surface area contributed by atoms with Crippen LogP contribution >= 0.6 is 0 Å². The molecule has 32 heavy (non-hydrogen) atoms. The van der Waals surface area contributed by atoms with Gasteiger partial charge in [0.05, 0.1) is 17.4 Å². The number of sulfonamides is 1. The molecule has 0 bridgehead atoms. The number of halogens is 1. The fourth-order valence-corrected chi connectivity index (χ4v) is 4.85. The van der Waals surface area contributed by atoms with E-state index in [1.165, 1.54) is 12.1 Å². The quantitative estimate of drug-likeness (QED) is 0.295. The molecule has 8 nitrogen and oxygen atoms in total. The number of hydrogen-bond donors (Lipinski definition) is 2. The highest BCUT2D eigenvalue weighted by Gasteiger charge is 2.28. The summed E-state index contributed by atoms with van der Waals surface area (Å²) in [7, 11) is -3.87. The first-order valence-corrected chi connectivity index (χ1v) is 12.3. The first-order valence-electron chi connectivity index (χ1n) is 10.9. The van der Waals surface area contributed by atoms with Crippen LogP contribution in [0.5, 0.6) is 5.75 Å². The number of carbonyl (C=O) groups is 2. The Morgan fingerprint density at radius 2 is 2.03 bits per heavy atom. The van der Waals surface area contributed by atoms with Crippen molar-refractivity contribution in [2.24, 2.45) is 16.8 Å². The van der Waals surface area contributed by atoms with E-state index in [0.717, 1.165) is 18.9 Å². The van der Waals surface area contributed by atoms with E-state index in [1.807, 2.05) is 0 Å². The normalized spacial score (nSPS) is 19.9. The maximum Gasteiger partial charge on any atom is 0.241 e. The summed E-state index contributed by atoms with van der Waals surface area (Å²) in [5.41, 5.74) is -0.758. The summed E-state index contributed by atoms with van der Waals surface area (Å²) in [6.45, 7) is 4.35. The maximum atomic E-state index is 14.0. The number of benzene rings is 1. The van der Waals surface area contributed by atoms with Gasteiger partial charge in [0.1, 0.15) is 0 Å². The molecule has 1 atom stereocenters. The largest absolute Gasteiger partial charge is 0.490 e. The molecule has 1 saturated carbocycles. The Hall–Kier alpha value is -2.33. The highest BCUT2D eigenvalue weighted by atomic mass is 32.2. The van der Waals surface area contributed by atoms with Gasteiger partial charge in [-0.1, -0.05) is 0 Å². The van der Waals surface area contributed by atoms with Crippen LogP contribution in [0.2, 0.25) is 0 Å². The number of imide groups is 1. The molecule has 0 spiro atoms. The fraction of sp³-hybridized carbons (Fsp3) is 0.591. The number of piperidine rings is 1. The van der Waals surface area contributed by atoms with Crippen LogP contribution in [0.1, 0.15) is 52.4 Å². The monoisotopic (exact) mass is 467 g/mol. The SMILES string of the molecule is CC(C)(CCC/N=C/C1CCC(=O)NC1=O)NS(=O)(=O)c1ccc(F)c(OCC2CC2)c1. The molecule has 2 amide bonds. The maximum absolute atomic E-state index is 14.0. The molecule has 1 aliphatic carbocycles. The number of nitrogens with zero attached hydrogens (tertiary/aromatic N) is 1. The van der Waals surface area contributed by atoms with Crippen molar-refractivity contribution in [3.05, 3.63) is 24.0 Å². The van der Waals surface area contributed by atoms with Crippen molar-refractivity contribution in [3.8, 4) is 5.75 Å². The summed E-state index contributed by atoms with van der Waals surface area (Å²) < 4.78 is 47.8. The lowest BCUT2D eigenvalue weighted by molar-refractivity contribution is -0.134. The summed E-state index contributed by atoms with van der Waals surface area (Å²) in [5.74, 6) is -1.23. The first-order chi connectivity index (χ1) is 15.1. The number of ether oxygens (including phenoxy) is 1. The summed E-state index contributed by atoms with van der Waals surface area (Å²) in [4.78, 5) is 27.1. The van der Waals surface area contributed by atoms with Crippen LogP contribution in [0.3, 0.4) is 0 Å². The van der Waals surface area contributed by atoms with Crippen molar-refractivity contribution in [1.82, 2.24) is 10.0 Å². The molecule has 1 saturated heterocycles. The molecule has 2 N–H and O–H groups in total. The Morgan fingerprint density at radius 3 is 2.72 bits per heavy atom. The predicted molar refractivity (Wildman–Crippen MR) is 117 cm³/mol. The van der Waals surface area contributed by atoms with E-state index in [9.17, 15) is 22.4 Å². The third kappa shape index (κ3) is 7.09. The number of rotatable bonds is 11. The molecule has 3 rings (SSSR count). The van der Waals surface area contributed by atoms with Crippen molar-refractivity contribution < 1.29 is 27.1 Å². The zero-order chi connectivity index (χ0) is 23.4. The van der Waals surface area contributed by atoms with Crippen LogP contribution in [0.4, 0.5) is 4.39 Å². The van der Waals surface area contributed by atoms with Gasteiger partial charge in [-0.15, -0.1) is 0 Å². The third-order valence-electron chi connectivity index (χ3n) is 5.45. The van der Waals surface area contributed by atoms with Gasteiger partial charge in [-0.05, 0) is 64.0 Å². The smallest absolute Gasteiger partial charge is 0.241 e. The van der Waals surface area contributed by atoms with E-state index < -0.39 is 27.3 Å². The lowest BCUT2D eigenvalue weighted by atomic mass is 9.99. The fourth-order valence-electron chi connectivity index (χ4n) is 3.39. The number of amides is 2. The topological polar surface area (TPSA) is 114 Å². The standard InChI is InChI=1S/C22H30FN3O5S/c1-22(2,10-3-11-24-13-16-6-9-20(27)25-21(16)28)26-32(29,30)17-7-8-18(23)19(12-17)31-14-15-4-5-15/h7-8,12-13,15-16,26H,3-6,9-11,14H2,1-2H3,(H,25,27,28)/b24-13+. The van der Waals surface area contributed by atoms with E-state index >= 15 is 0 Å². The molecule has 10 heteroatoms. The molecule has 0 aromatic heterocycles. The highest BCUT2D eigenvalue weighted by Crippen LogP contribution is 2.31. The minimum absolute atomic E-state index is 0.0475. The number of hydrogen-bond acceptors (Lipinski definition) is 6. The van der Waals surface area contributed by atoms with Crippen LogP contribution in [0, 0.1) is 17.7 Å². The van der Waals surface area contributed by atoms with Gasteiger partial charge in [0, 0.05) is 30.8 Å². The van der Waals surface area contributed by atoms with E-state index in [1.54, 1.807) is 20.1 Å². The zero-order valence-corrected chi connectivity index (χ0v) is 19.2. The average molecular weight is 468 g/mol. The molecular weight excluding hydrogens is 437 g/mol. The Morgan fingerprint density at radius 1 is 1.28 bits per heavy atom. The minimum atomic E-state index is -3.87. The van der Waals surface area contributed by atoms with Gasteiger partial charge >= 0.3 is 0 Å². The van der Waals surface area contributed by atoms with Gasteiger partial charge in [0.15, 0.2) is 11.6 Å². The van der Waals surface area contributed by atoms with Crippen molar-refractivity contribution in [2.45, 2.75) is 62.8 Å². The summed E-state index contributed by atoms with van der Waals surface area (Å²) in [5, 5.41) is 2.28. The number of carbonyl (C=O) groups excluding carboxylic acids is 2. The summed E-state index contributed by atoms with van der Waals surface area (Å²) in [6.07, 6.45) is 5.50. The van der Waals surface area contributed by atoms with Crippen LogP contribution in [0.25, 0.3) is 0 Å². The molecule has 1 aliphatic heterocycles. The third-order valence-corrected chi connectivity index (χ3v) is 7.15. The van der Waals surface area contributed by atoms with Crippen molar-refractivity contribution in [2.75, 3.05) is 13.2 Å². The number of aliphatic imine (C=N–C) groups is 1. The second-order valence-electron chi connectivity index (χ2n) is 9.05. The summed E-state index contributed by atoms with van der Waals surface area (Å²) >= 11 is 0. The molecular formula is C22H30FN3O5S. The highest BCUT2D eigenvalue weighted by molar-refractivity contribution is 7.89.